The molecule has 0 bridgehead atoms. The summed E-state index contributed by atoms with van der Waals surface area (Å²) in [6.07, 6.45) is 7.38. The molecule has 0 aliphatic carbocycles. The number of carboxylic acid groups (broad SMARTS) is 2. The molecule has 0 unspecified atom stereocenters. The molecule has 1 aromatic carbocycles. The molecular weight excluding hydrogens is 310 g/mol. The van der Waals surface area contributed by atoms with Crippen molar-refractivity contribution in [2.75, 3.05) is 0 Å². The summed E-state index contributed by atoms with van der Waals surface area (Å²) < 4.78 is 0. The Hall–Kier alpha value is -0.243. The first-order chi connectivity index (χ1) is 10.6. The topological polar surface area (TPSA) is 74.6 Å². The van der Waals surface area contributed by atoms with Crippen molar-refractivity contribution in [2.24, 2.45) is 0 Å². The number of unbranched alkanes of at least 4 members (excludes halogenated alkanes) is 6. The van der Waals surface area contributed by atoms with Crippen LogP contribution in [0.4, 0.5) is 0 Å². The molecule has 0 aliphatic rings. The number of benzene rings is 1. The molecule has 1 rings (SSSR count). The fourth-order valence-electron chi connectivity index (χ4n) is 2.77. The minimum atomic E-state index is -1.83. The molecule has 0 saturated heterocycles. The van der Waals surface area contributed by atoms with Crippen molar-refractivity contribution in [2.45, 2.75) is 63.7 Å². The predicted octanol–water partition coefficient (Wildman–Crippen LogP) is 2.94. The van der Waals surface area contributed by atoms with Gasteiger partial charge in [-0.1, -0.05) is 82.2 Å². The van der Waals surface area contributed by atoms with Crippen molar-refractivity contribution in [3.63, 3.8) is 0 Å². The number of carbonyl (C=O) groups is 2. The van der Waals surface area contributed by atoms with E-state index in [0.29, 0.717) is 12.0 Å². The Kier molecular flexibility index (Phi) is 15.1. The second-order valence-electron chi connectivity index (χ2n) is 5.75. The third kappa shape index (κ3) is 7.33. The minimum absolute atomic E-state index is 0. The molecule has 0 heterocycles. The quantitative estimate of drug-likeness (QED) is 0.370. The van der Waals surface area contributed by atoms with Crippen LogP contribution in [-0.4, -0.2) is 70.6 Å². The molecule has 0 atom stereocenters. The van der Waals surface area contributed by atoms with Gasteiger partial charge in [-0.15, -0.1) is 0 Å². The van der Waals surface area contributed by atoms with E-state index < -0.39 is 17.4 Å². The Bertz CT molecular complexity index is 465. The van der Waals surface area contributed by atoms with Crippen LogP contribution in [0.5, 0.6) is 0 Å². The second-order valence-corrected chi connectivity index (χ2v) is 5.75. The maximum absolute atomic E-state index is 11.7. The van der Waals surface area contributed by atoms with E-state index in [1.807, 2.05) is 0 Å². The monoisotopic (exact) mass is 338 g/mol. The SMILES string of the molecule is CCCCCCCCCC(C(=O)O)(C(=O)O)c1ccccc1.[LiH].[NaH]. The van der Waals surface area contributed by atoms with E-state index in [-0.39, 0.29) is 54.8 Å². The molecule has 2 N–H and O–H groups in total. The van der Waals surface area contributed by atoms with Gasteiger partial charge in [0, 0.05) is 0 Å². The molecule has 1 aromatic rings. The first-order valence-corrected chi connectivity index (χ1v) is 8.08. The zero-order chi connectivity index (χ0) is 16.4. The van der Waals surface area contributed by atoms with Crippen molar-refractivity contribution in [1.82, 2.24) is 0 Å². The van der Waals surface area contributed by atoms with Crippen LogP contribution in [0.1, 0.15) is 63.9 Å². The third-order valence-electron chi connectivity index (χ3n) is 4.15. The summed E-state index contributed by atoms with van der Waals surface area (Å²) in [5.74, 6) is -2.56. The van der Waals surface area contributed by atoms with Crippen LogP contribution >= 0.6 is 0 Å². The van der Waals surface area contributed by atoms with Gasteiger partial charge >= 0.3 is 60.4 Å². The number of hydrogen-bond acceptors (Lipinski definition) is 2. The zero-order valence-corrected chi connectivity index (χ0v) is 13.3. The molecule has 0 aliphatic heterocycles. The summed E-state index contributed by atoms with van der Waals surface area (Å²) in [5, 5.41) is 19.1. The number of aliphatic carboxylic acids is 2. The fourth-order valence-corrected chi connectivity index (χ4v) is 2.77. The van der Waals surface area contributed by atoms with Gasteiger partial charge in [-0.25, -0.2) is 0 Å². The van der Waals surface area contributed by atoms with Crippen LogP contribution in [0, 0.1) is 0 Å². The van der Waals surface area contributed by atoms with E-state index in [0.717, 1.165) is 19.3 Å². The van der Waals surface area contributed by atoms with Gasteiger partial charge in [-0.05, 0) is 12.0 Å². The third-order valence-corrected chi connectivity index (χ3v) is 4.15. The Morgan fingerprint density at radius 2 is 1.33 bits per heavy atom. The summed E-state index contributed by atoms with van der Waals surface area (Å²) in [4.78, 5) is 23.4. The van der Waals surface area contributed by atoms with E-state index in [9.17, 15) is 19.8 Å². The first kappa shape index (κ1) is 26.0. The van der Waals surface area contributed by atoms with Gasteiger partial charge in [0.25, 0.3) is 0 Å². The van der Waals surface area contributed by atoms with E-state index >= 15 is 0 Å². The van der Waals surface area contributed by atoms with Gasteiger partial charge in [0.1, 0.15) is 0 Å². The van der Waals surface area contributed by atoms with Gasteiger partial charge < -0.3 is 10.2 Å². The zero-order valence-electron chi connectivity index (χ0n) is 13.3. The van der Waals surface area contributed by atoms with Crippen molar-refractivity contribution in [1.29, 1.82) is 0 Å². The van der Waals surface area contributed by atoms with Gasteiger partial charge in [0.2, 0.25) is 0 Å². The van der Waals surface area contributed by atoms with E-state index in [1.165, 1.54) is 19.3 Å². The van der Waals surface area contributed by atoms with E-state index in [2.05, 4.69) is 6.92 Å². The molecule has 0 aromatic heterocycles. The van der Waals surface area contributed by atoms with Crippen molar-refractivity contribution in [3.05, 3.63) is 35.9 Å². The summed E-state index contributed by atoms with van der Waals surface area (Å²) in [5.41, 5.74) is -1.48. The van der Waals surface area contributed by atoms with Gasteiger partial charge in [-0.3, -0.25) is 9.59 Å². The molecule has 0 saturated carbocycles. The van der Waals surface area contributed by atoms with Crippen LogP contribution in [0.3, 0.4) is 0 Å². The van der Waals surface area contributed by atoms with Crippen LogP contribution in [0.2, 0.25) is 0 Å². The van der Waals surface area contributed by atoms with Crippen LogP contribution < -0.4 is 0 Å². The van der Waals surface area contributed by atoms with Crippen LogP contribution in [-0.2, 0) is 15.0 Å². The Morgan fingerprint density at radius 1 is 0.875 bits per heavy atom. The first-order valence-electron chi connectivity index (χ1n) is 8.08. The Balaban J connectivity index is 0. The van der Waals surface area contributed by atoms with Crippen LogP contribution in [0.25, 0.3) is 0 Å². The summed E-state index contributed by atoms with van der Waals surface area (Å²) in [6.45, 7) is 2.16. The number of carboxylic acids is 2. The van der Waals surface area contributed by atoms with Gasteiger partial charge in [-0.2, -0.15) is 0 Å². The average Bonchev–Trinajstić information content (AvgIpc) is 2.50. The normalized spacial score (nSPS) is 10.4. The fraction of sp³-hybridized carbons (Fsp3) is 0.556. The van der Waals surface area contributed by atoms with Crippen molar-refractivity contribution < 1.29 is 19.8 Å². The molecule has 4 nitrogen and oxygen atoms in total. The molecule has 126 valence electrons. The second kappa shape index (κ2) is 14.0. The van der Waals surface area contributed by atoms with Crippen LogP contribution in [0.15, 0.2) is 30.3 Å². The Morgan fingerprint density at radius 3 is 1.79 bits per heavy atom. The maximum atomic E-state index is 11.7. The number of hydrogen-bond donors (Lipinski definition) is 2. The molecule has 0 radical (unpaired) electrons. The summed E-state index contributed by atoms with van der Waals surface area (Å²) >= 11 is 0. The van der Waals surface area contributed by atoms with Gasteiger partial charge in [0.05, 0.1) is 0 Å². The molecule has 0 fully saturated rings. The molecule has 24 heavy (non-hydrogen) atoms. The summed E-state index contributed by atoms with van der Waals surface area (Å²) in [7, 11) is 0. The number of rotatable bonds is 11. The molecule has 0 spiro atoms. The average molecular weight is 338 g/mol. The molecule has 6 heteroatoms. The van der Waals surface area contributed by atoms with E-state index in [1.54, 1.807) is 30.3 Å². The van der Waals surface area contributed by atoms with Crippen molar-refractivity contribution in [3.8, 4) is 0 Å². The Labute approximate surface area is 178 Å². The van der Waals surface area contributed by atoms with Gasteiger partial charge in [0.15, 0.2) is 5.41 Å². The predicted molar refractivity (Wildman–Crippen MR) is 100 cm³/mol. The summed E-state index contributed by atoms with van der Waals surface area (Å²) in [6, 6.07) is 8.29. The molecular formula is C18H28LiNaO4. The van der Waals surface area contributed by atoms with E-state index in [4.69, 9.17) is 0 Å². The van der Waals surface area contributed by atoms with Crippen molar-refractivity contribution >= 4 is 60.4 Å². The molecule has 0 amide bonds. The standard InChI is InChI=1S/C18H26O4.Li.Na.2H/c1-2-3-4-5-6-7-11-14-18(16(19)20,17(21)22)15-12-9-8-10-13-15;;;;/h8-10,12-13H,2-7,11,14H2,1H3,(H,19,20)(H,21,22);;;;.